The first-order valence-corrected chi connectivity index (χ1v) is 5.37. The fourth-order valence-electron chi connectivity index (χ4n) is 2.20. The smallest absolute Gasteiger partial charge is 0.0275 e. The van der Waals surface area contributed by atoms with Gasteiger partial charge in [-0.15, -0.1) is 5.73 Å². The van der Waals surface area contributed by atoms with E-state index in [-0.39, 0.29) is 0 Å². The van der Waals surface area contributed by atoms with Crippen LogP contribution in [0.15, 0.2) is 36.4 Å². The summed E-state index contributed by atoms with van der Waals surface area (Å²) in [6, 6.07) is 4.39. The summed E-state index contributed by atoms with van der Waals surface area (Å²) in [5.41, 5.74) is 6.18. The van der Waals surface area contributed by atoms with Crippen LogP contribution in [0.25, 0.3) is 17.9 Å². The molecule has 0 unspecified atom stereocenters. The van der Waals surface area contributed by atoms with Gasteiger partial charge in [0, 0.05) is 5.22 Å². The van der Waals surface area contributed by atoms with Crippen molar-refractivity contribution in [1.82, 2.24) is 0 Å². The highest BCUT2D eigenvalue weighted by Crippen LogP contribution is 2.13. The second kappa shape index (κ2) is 3.42. The lowest BCUT2D eigenvalue weighted by atomic mass is 9.94. The summed E-state index contributed by atoms with van der Waals surface area (Å²) in [5, 5.41) is 2.57. The summed E-state index contributed by atoms with van der Waals surface area (Å²) >= 11 is 0. The van der Waals surface area contributed by atoms with Crippen molar-refractivity contribution in [3.63, 3.8) is 0 Å². The number of allylic oxidation sites excluding steroid dienone is 4. The normalized spacial score (nSPS) is 16.0. The Kier molecular flexibility index (Phi) is 1.94. The van der Waals surface area contributed by atoms with E-state index in [0.29, 0.717) is 0 Å². The van der Waals surface area contributed by atoms with Crippen molar-refractivity contribution in [1.29, 1.82) is 0 Å². The van der Waals surface area contributed by atoms with Crippen LogP contribution < -0.4 is 10.4 Å². The van der Waals surface area contributed by atoms with Crippen LogP contribution in [0.2, 0.25) is 0 Å². The lowest BCUT2D eigenvalue weighted by molar-refractivity contribution is 0.973. The van der Waals surface area contributed by atoms with E-state index in [1.165, 1.54) is 21.6 Å². The highest BCUT2D eigenvalue weighted by molar-refractivity contribution is 5.59. The van der Waals surface area contributed by atoms with Crippen molar-refractivity contribution < 1.29 is 0 Å². The van der Waals surface area contributed by atoms with E-state index >= 15 is 0 Å². The summed E-state index contributed by atoms with van der Waals surface area (Å²) in [6.07, 6.45) is 15.0. The lowest BCUT2D eigenvalue weighted by Crippen LogP contribution is -2.28. The average Bonchev–Trinajstić information content (AvgIpc) is 2.54. The zero-order chi connectivity index (χ0) is 10.1. The quantitative estimate of drug-likeness (QED) is 0.589. The molecule has 0 saturated heterocycles. The molecule has 1 aromatic rings. The third-order valence-corrected chi connectivity index (χ3v) is 2.95. The molecular formula is C15H12. The Bertz CT molecular complexity index is 606. The highest BCUT2D eigenvalue weighted by Gasteiger charge is 2.05. The molecule has 1 aromatic carbocycles. The van der Waals surface area contributed by atoms with Crippen molar-refractivity contribution in [2.75, 3.05) is 0 Å². The van der Waals surface area contributed by atoms with E-state index in [4.69, 9.17) is 0 Å². The predicted octanol–water partition coefficient (Wildman–Crippen LogP) is 1.93. The number of benzene rings is 1. The van der Waals surface area contributed by atoms with E-state index in [9.17, 15) is 0 Å². The van der Waals surface area contributed by atoms with Gasteiger partial charge in [-0.25, -0.2) is 0 Å². The minimum Gasteiger partial charge on any atom is -0.112 e. The summed E-state index contributed by atoms with van der Waals surface area (Å²) < 4.78 is 0. The van der Waals surface area contributed by atoms with Crippen LogP contribution in [0.1, 0.15) is 17.5 Å². The van der Waals surface area contributed by atoms with Crippen LogP contribution >= 0.6 is 0 Å². The molecule has 3 rings (SSSR count). The Morgan fingerprint density at radius 3 is 3.13 bits per heavy atom. The molecule has 0 nitrogen and oxygen atoms in total. The summed E-state index contributed by atoms with van der Waals surface area (Å²) in [6.45, 7) is 0. The number of rotatable bonds is 0. The van der Waals surface area contributed by atoms with Gasteiger partial charge in [-0.1, -0.05) is 42.5 Å². The fourth-order valence-corrected chi connectivity index (χ4v) is 2.20. The van der Waals surface area contributed by atoms with Gasteiger partial charge < -0.3 is 0 Å². The summed E-state index contributed by atoms with van der Waals surface area (Å²) in [7, 11) is 0. The van der Waals surface area contributed by atoms with Gasteiger partial charge in [-0.05, 0) is 35.3 Å². The zero-order valence-corrected chi connectivity index (χ0v) is 8.53. The third kappa shape index (κ3) is 1.40. The van der Waals surface area contributed by atoms with Crippen molar-refractivity contribution in [2.24, 2.45) is 0 Å². The molecule has 0 atom stereocenters. The van der Waals surface area contributed by atoms with E-state index in [1.54, 1.807) is 0 Å². The molecule has 0 heterocycles. The molecule has 0 heteroatoms. The number of hydrogen-bond acceptors (Lipinski definition) is 0. The van der Waals surface area contributed by atoms with Crippen molar-refractivity contribution in [3.05, 3.63) is 58.0 Å². The molecule has 0 aromatic heterocycles. The monoisotopic (exact) mass is 192 g/mol. The van der Waals surface area contributed by atoms with Crippen molar-refractivity contribution in [3.8, 4) is 0 Å². The molecule has 0 bridgehead atoms. The van der Waals surface area contributed by atoms with E-state index in [1.807, 2.05) is 12.2 Å². The Balaban J connectivity index is 2.48. The van der Waals surface area contributed by atoms with Crippen LogP contribution in [0.4, 0.5) is 0 Å². The molecule has 72 valence electrons. The van der Waals surface area contributed by atoms with Gasteiger partial charge in [0.05, 0.1) is 0 Å². The zero-order valence-electron chi connectivity index (χ0n) is 8.53. The summed E-state index contributed by atoms with van der Waals surface area (Å²) in [5.74, 6) is 0. The Labute approximate surface area is 89.3 Å². The molecule has 0 aliphatic heterocycles. The minimum atomic E-state index is 1.14. The van der Waals surface area contributed by atoms with Crippen LogP contribution in [0.5, 0.6) is 0 Å². The SMILES string of the molecule is C1=CC=CC=c2ccc3c(c2=1)CCC=C3. The molecule has 0 saturated carbocycles. The molecule has 2 aliphatic rings. The van der Waals surface area contributed by atoms with E-state index in [0.717, 1.165) is 12.8 Å². The minimum absolute atomic E-state index is 1.14. The van der Waals surface area contributed by atoms with Gasteiger partial charge in [0.1, 0.15) is 0 Å². The van der Waals surface area contributed by atoms with Gasteiger partial charge in [0.2, 0.25) is 0 Å². The first-order valence-electron chi connectivity index (χ1n) is 5.37. The van der Waals surface area contributed by atoms with Gasteiger partial charge in [0.25, 0.3) is 0 Å². The number of hydrogen-bond donors (Lipinski definition) is 0. The molecule has 2 aliphatic carbocycles. The van der Waals surface area contributed by atoms with Crippen LogP contribution in [0, 0.1) is 0 Å². The summed E-state index contributed by atoms with van der Waals surface area (Å²) in [4.78, 5) is 0. The van der Waals surface area contributed by atoms with Gasteiger partial charge in [-0.2, -0.15) is 0 Å². The maximum atomic E-state index is 3.38. The van der Waals surface area contributed by atoms with Crippen molar-refractivity contribution in [2.45, 2.75) is 12.8 Å². The van der Waals surface area contributed by atoms with Crippen LogP contribution in [-0.2, 0) is 6.42 Å². The maximum Gasteiger partial charge on any atom is 0.0275 e. The van der Waals surface area contributed by atoms with Crippen LogP contribution in [-0.4, -0.2) is 0 Å². The Hall–Kier alpha value is -1.78. The first-order chi connectivity index (χ1) is 7.45. The molecule has 0 amide bonds. The second-order valence-corrected chi connectivity index (χ2v) is 3.90. The molecule has 0 radical (unpaired) electrons. The maximum absolute atomic E-state index is 3.38. The largest absolute Gasteiger partial charge is 0.112 e. The molecule has 0 fully saturated rings. The molecule has 15 heavy (non-hydrogen) atoms. The van der Waals surface area contributed by atoms with Crippen LogP contribution in [0.3, 0.4) is 0 Å². The Morgan fingerprint density at radius 1 is 1.13 bits per heavy atom. The topological polar surface area (TPSA) is 0 Å². The lowest BCUT2D eigenvalue weighted by Gasteiger charge is -2.10. The number of fused-ring (bicyclic) bond motifs is 3. The average molecular weight is 192 g/mol. The highest BCUT2D eigenvalue weighted by atomic mass is 14.1. The third-order valence-electron chi connectivity index (χ3n) is 2.95. The van der Waals surface area contributed by atoms with Crippen molar-refractivity contribution >= 4 is 17.9 Å². The van der Waals surface area contributed by atoms with Gasteiger partial charge in [-0.3, -0.25) is 0 Å². The fraction of sp³-hybridized carbons (Fsp3) is 0.133. The standard InChI is InChI=1S/C15H12/c1-2-6-12-10-11-13-7-4-5-9-15(13)14(12)8-3-1/h1-4,6-7,10-11H,5,9H2. The Morgan fingerprint density at radius 2 is 2.13 bits per heavy atom. The second-order valence-electron chi connectivity index (χ2n) is 3.90. The predicted molar refractivity (Wildman–Crippen MR) is 64.6 cm³/mol. The van der Waals surface area contributed by atoms with Gasteiger partial charge in [0.15, 0.2) is 0 Å². The van der Waals surface area contributed by atoms with E-state index < -0.39 is 0 Å². The van der Waals surface area contributed by atoms with E-state index in [2.05, 4.69) is 42.2 Å². The molecule has 0 spiro atoms. The molecular weight excluding hydrogens is 180 g/mol. The first kappa shape index (κ1) is 8.52. The van der Waals surface area contributed by atoms with Gasteiger partial charge >= 0.3 is 0 Å². The molecule has 0 N–H and O–H groups in total.